The summed E-state index contributed by atoms with van der Waals surface area (Å²) in [5, 5.41) is 4.04. The van der Waals surface area contributed by atoms with E-state index in [0.717, 1.165) is 26.6 Å². The van der Waals surface area contributed by atoms with Crippen LogP contribution in [0.25, 0.3) is 21.5 Å². The number of nitrogens with zero attached hydrogens (tertiary/aromatic N) is 6. The van der Waals surface area contributed by atoms with Crippen LogP contribution in [0.1, 0.15) is 0 Å². The zero-order chi connectivity index (χ0) is 21.9. The van der Waals surface area contributed by atoms with Gasteiger partial charge in [0.25, 0.3) is 0 Å². The van der Waals surface area contributed by atoms with Crippen LogP contribution < -0.4 is 11.1 Å². The van der Waals surface area contributed by atoms with Crippen molar-refractivity contribution in [2.75, 3.05) is 31.6 Å². The first-order valence-corrected chi connectivity index (χ1v) is 11.0. The first-order chi connectivity index (χ1) is 15.7. The molecule has 1 amide bonds. The fourth-order valence-corrected chi connectivity index (χ4v) is 4.53. The molecule has 0 saturated carbocycles. The summed E-state index contributed by atoms with van der Waals surface area (Å²) in [5.74, 6) is 0.335. The van der Waals surface area contributed by atoms with Crippen molar-refractivity contribution in [3.63, 3.8) is 0 Å². The predicted molar refractivity (Wildman–Crippen MR) is 122 cm³/mol. The van der Waals surface area contributed by atoms with Gasteiger partial charge in [0.15, 0.2) is 5.13 Å². The normalized spacial score (nSPS) is 16.9. The van der Waals surface area contributed by atoms with Crippen LogP contribution in [-0.2, 0) is 16.1 Å². The Morgan fingerprint density at radius 3 is 2.94 bits per heavy atom. The molecule has 0 spiro atoms. The summed E-state index contributed by atoms with van der Waals surface area (Å²) in [7, 11) is 0. The van der Waals surface area contributed by atoms with Crippen molar-refractivity contribution in [1.82, 2.24) is 29.4 Å². The number of imidazole rings is 1. The van der Waals surface area contributed by atoms with E-state index in [1.807, 2.05) is 24.4 Å². The van der Waals surface area contributed by atoms with Gasteiger partial charge in [-0.25, -0.2) is 15.0 Å². The minimum Gasteiger partial charge on any atom is -0.378 e. The lowest BCUT2D eigenvalue weighted by atomic mass is 10.2. The molecule has 0 unspecified atom stereocenters. The van der Waals surface area contributed by atoms with Gasteiger partial charge in [0.05, 0.1) is 36.1 Å². The minimum absolute atomic E-state index is 0.341. The zero-order valence-electron chi connectivity index (χ0n) is 17.2. The van der Waals surface area contributed by atoms with Gasteiger partial charge >= 0.3 is 0 Å². The molecule has 4 aromatic heterocycles. The van der Waals surface area contributed by atoms with E-state index in [0.29, 0.717) is 38.7 Å². The van der Waals surface area contributed by atoms with Gasteiger partial charge in [-0.15, -0.1) is 0 Å². The van der Waals surface area contributed by atoms with Crippen LogP contribution in [0.2, 0.25) is 0 Å². The molecule has 1 atom stereocenters. The Labute approximate surface area is 188 Å². The average molecular weight is 451 g/mol. The second-order valence-electron chi connectivity index (χ2n) is 7.42. The van der Waals surface area contributed by atoms with Crippen LogP contribution in [0, 0.1) is 0 Å². The molecule has 0 aliphatic carbocycles. The zero-order valence-corrected chi connectivity index (χ0v) is 18.0. The number of amides is 1. The van der Waals surface area contributed by atoms with Gasteiger partial charge in [-0.2, -0.15) is 0 Å². The number of carbonyl (C=O) groups excluding carboxylic acids is 1. The lowest BCUT2D eigenvalue weighted by Gasteiger charge is -2.33. The summed E-state index contributed by atoms with van der Waals surface area (Å²) < 4.78 is 7.45. The van der Waals surface area contributed by atoms with Gasteiger partial charge in [-0.1, -0.05) is 11.3 Å². The third-order valence-electron chi connectivity index (χ3n) is 5.41. The molecule has 0 aromatic carbocycles. The summed E-state index contributed by atoms with van der Waals surface area (Å²) in [5.41, 5.74) is 8.36. The maximum atomic E-state index is 11.7. The largest absolute Gasteiger partial charge is 0.378 e. The highest BCUT2D eigenvalue weighted by molar-refractivity contribution is 7.18. The Kier molecular flexibility index (Phi) is 5.75. The van der Waals surface area contributed by atoms with E-state index < -0.39 is 6.04 Å². The van der Waals surface area contributed by atoms with Crippen molar-refractivity contribution >= 4 is 39.2 Å². The molecule has 1 fully saturated rings. The van der Waals surface area contributed by atoms with E-state index in [-0.39, 0.29) is 5.91 Å². The van der Waals surface area contributed by atoms with Crippen molar-refractivity contribution < 1.29 is 9.53 Å². The van der Waals surface area contributed by atoms with E-state index in [1.165, 1.54) is 0 Å². The van der Waals surface area contributed by atoms with Crippen molar-refractivity contribution in [2.24, 2.45) is 5.73 Å². The highest BCUT2D eigenvalue weighted by atomic mass is 32.1. The number of hydrogen-bond acceptors (Lipinski definition) is 9. The third kappa shape index (κ3) is 4.31. The standard InChI is InChI=1S/C21H22N8O2S/c22-20(30)17-12-31-8-7-28(17)5-6-29-13-26-15-10-24-19(9-16(15)29)27-21-25-11-18(32-21)14-1-3-23-4-2-14/h1-4,9-11,13,17H,5-8,12H2,(H2,22,30)(H,24,25,27)/t17-/m0/s1. The lowest BCUT2D eigenvalue weighted by molar-refractivity contribution is -0.129. The predicted octanol–water partition coefficient (Wildman–Crippen LogP) is 1.88. The molecule has 0 bridgehead atoms. The highest BCUT2D eigenvalue weighted by Gasteiger charge is 2.27. The molecular formula is C21H22N8O2S. The van der Waals surface area contributed by atoms with Crippen LogP contribution >= 0.6 is 11.3 Å². The number of hydrogen-bond donors (Lipinski definition) is 2. The molecule has 1 aliphatic rings. The molecule has 164 valence electrons. The van der Waals surface area contributed by atoms with Gasteiger partial charge in [0.2, 0.25) is 5.91 Å². The molecule has 3 N–H and O–H groups in total. The molecule has 5 rings (SSSR count). The number of fused-ring (bicyclic) bond motifs is 1. The third-order valence-corrected chi connectivity index (χ3v) is 6.37. The van der Waals surface area contributed by atoms with Crippen LogP contribution in [0.5, 0.6) is 0 Å². The maximum Gasteiger partial charge on any atom is 0.237 e. The van der Waals surface area contributed by atoms with Crippen molar-refractivity contribution in [3.05, 3.63) is 49.3 Å². The van der Waals surface area contributed by atoms with E-state index in [4.69, 9.17) is 10.5 Å². The Balaban J connectivity index is 1.31. The maximum absolute atomic E-state index is 11.7. The Bertz CT molecular complexity index is 1230. The van der Waals surface area contributed by atoms with E-state index in [2.05, 4.69) is 34.7 Å². The Morgan fingerprint density at radius 2 is 2.09 bits per heavy atom. The number of aromatic nitrogens is 5. The summed E-state index contributed by atoms with van der Waals surface area (Å²) in [6, 6.07) is 5.48. The molecule has 1 aliphatic heterocycles. The smallest absolute Gasteiger partial charge is 0.237 e. The van der Waals surface area contributed by atoms with Crippen LogP contribution in [-0.4, -0.2) is 67.7 Å². The average Bonchev–Trinajstić information content (AvgIpc) is 3.45. The van der Waals surface area contributed by atoms with Crippen molar-refractivity contribution in [1.29, 1.82) is 0 Å². The number of primary amides is 1. The molecule has 4 aromatic rings. The molecule has 32 heavy (non-hydrogen) atoms. The van der Waals surface area contributed by atoms with Gasteiger partial charge in [0.1, 0.15) is 17.4 Å². The van der Waals surface area contributed by atoms with Gasteiger partial charge < -0.3 is 20.4 Å². The topological polar surface area (TPSA) is 124 Å². The van der Waals surface area contributed by atoms with Crippen molar-refractivity contribution in [2.45, 2.75) is 12.6 Å². The second-order valence-corrected chi connectivity index (χ2v) is 8.45. The fourth-order valence-electron chi connectivity index (χ4n) is 3.70. The number of thiazole rings is 1. The number of rotatable bonds is 7. The highest BCUT2D eigenvalue weighted by Crippen LogP contribution is 2.30. The molecule has 5 heterocycles. The molecule has 1 saturated heterocycles. The molecular weight excluding hydrogens is 428 g/mol. The lowest BCUT2D eigenvalue weighted by Crippen LogP contribution is -2.53. The number of carbonyl (C=O) groups is 1. The number of anilines is 2. The summed E-state index contributed by atoms with van der Waals surface area (Å²) in [6.45, 7) is 2.97. The summed E-state index contributed by atoms with van der Waals surface area (Å²) >= 11 is 1.55. The number of nitrogens with one attached hydrogen (secondary N) is 1. The van der Waals surface area contributed by atoms with Gasteiger partial charge in [0, 0.05) is 44.3 Å². The summed E-state index contributed by atoms with van der Waals surface area (Å²) in [4.78, 5) is 32.2. The van der Waals surface area contributed by atoms with E-state index in [9.17, 15) is 4.79 Å². The van der Waals surface area contributed by atoms with Crippen LogP contribution in [0.15, 0.2) is 49.3 Å². The Hall–Kier alpha value is -3.41. The number of ether oxygens (including phenoxy) is 1. The quantitative estimate of drug-likeness (QED) is 0.437. The molecule has 10 nitrogen and oxygen atoms in total. The molecule has 11 heteroatoms. The van der Waals surface area contributed by atoms with Crippen LogP contribution in [0.3, 0.4) is 0 Å². The SMILES string of the molecule is NC(=O)[C@@H]1COCCN1CCn1cnc2cnc(Nc3ncc(-c4ccncc4)s3)cc21. The van der Waals surface area contributed by atoms with Gasteiger partial charge in [-0.05, 0) is 17.7 Å². The van der Waals surface area contributed by atoms with E-state index in [1.54, 1.807) is 36.3 Å². The first kappa shape index (κ1) is 20.5. The minimum atomic E-state index is -0.392. The van der Waals surface area contributed by atoms with Gasteiger partial charge in [-0.3, -0.25) is 14.7 Å². The van der Waals surface area contributed by atoms with Crippen molar-refractivity contribution in [3.8, 4) is 10.4 Å². The number of nitrogens with two attached hydrogens (primary N) is 1. The van der Waals surface area contributed by atoms with E-state index >= 15 is 0 Å². The summed E-state index contributed by atoms with van der Waals surface area (Å²) in [6.07, 6.45) is 8.90. The number of pyridine rings is 2. The second kappa shape index (κ2) is 8.99. The molecule has 0 radical (unpaired) electrons. The number of morpholine rings is 1. The first-order valence-electron chi connectivity index (χ1n) is 10.2. The van der Waals surface area contributed by atoms with Crippen LogP contribution in [0.4, 0.5) is 10.9 Å². The monoisotopic (exact) mass is 450 g/mol. The fraction of sp³-hybridized carbons (Fsp3) is 0.286. The Morgan fingerprint density at radius 1 is 1.22 bits per heavy atom.